The number of nitrogens with zero attached hydrogens (tertiary/aromatic N) is 2. The first-order valence-electron chi connectivity index (χ1n) is 4.30. The predicted octanol–water partition coefficient (Wildman–Crippen LogP) is 1.26. The second-order valence-electron chi connectivity index (χ2n) is 3.18. The van der Waals surface area contributed by atoms with Crippen LogP contribution in [0.3, 0.4) is 0 Å². The molecule has 0 unspecified atom stereocenters. The van der Waals surface area contributed by atoms with Crippen molar-refractivity contribution in [2.75, 3.05) is 6.54 Å². The van der Waals surface area contributed by atoms with Gasteiger partial charge in [0.05, 0.1) is 24.1 Å². The van der Waals surface area contributed by atoms with Gasteiger partial charge in [0.1, 0.15) is 5.82 Å². The first kappa shape index (κ1) is 8.87. The quantitative estimate of drug-likeness (QED) is 0.726. The predicted molar refractivity (Wildman–Crippen MR) is 52.5 cm³/mol. The van der Waals surface area contributed by atoms with E-state index in [1.165, 1.54) is 12.3 Å². The first-order chi connectivity index (χ1) is 6.68. The maximum atomic E-state index is 12.6. The van der Waals surface area contributed by atoms with Gasteiger partial charge in [0, 0.05) is 5.70 Å². The van der Waals surface area contributed by atoms with Gasteiger partial charge >= 0.3 is 0 Å². The number of pyridine rings is 1. The van der Waals surface area contributed by atoms with Gasteiger partial charge in [0.15, 0.2) is 0 Å². The molecule has 3 nitrogen and oxygen atoms in total. The van der Waals surface area contributed by atoms with Crippen molar-refractivity contribution < 1.29 is 4.39 Å². The highest BCUT2D eigenvalue weighted by Gasteiger charge is 2.15. The van der Waals surface area contributed by atoms with Crippen molar-refractivity contribution in [3.8, 4) is 0 Å². The third-order valence-corrected chi connectivity index (χ3v) is 2.21. The van der Waals surface area contributed by atoms with Crippen LogP contribution in [0.1, 0.15) is 12.6 Å². The van der Waals surface area contributed by atoms with Crippen molar-refractivity contribution in [2.45, 2.75) is 6.92 Å². The molecule has 14 heavy (non-hydrogen) atoms. The molecule has 0 saturated carbocycles. The van der Waals surface area contributed by atoms with Crippen molar-refractivity contribution in [3.05, 3.63) is 41.1 Å². The Bertz CT molecular complexity index is 417. The molecule has 1 aliphatic rings. The van der Waals surface area contributed by atoms with Crippen molar-refractivity contribution >= 4 is 5.71 Å². The fraction of sp³-hybridized carbons (Fsp3) is 0.200. The summed E-state index contributed by atoms with van der Waals surface area (Å²) in [4.78, 5) is 8.18. The molecule has 0 bridgehead atoms. The van der Waals surface area contributed by atoms with Gasteiger partial charge in [0.25, 0.3) is 0 Å². The van der Waals surface area contributed by atoms with Gasteiger partial charge in [0.2, 0.25) is 0 Å². The molecule has 0 radical (unpaired) electrons. The molecule has 0 aliphatic carbocycles. The summed E-state index contributed by atoms with van der Waals surface area (Å²) in [5.74, 6) is -0.345. The normalized spacial score (nSPS) is 16.0. The maximum absolute atomic E-state index is 12.6. The second kappa shape index (κ2) is 3.21. The smallest absolute Gasteiger partial charge is 0.141 e. The number of hydrogen-bond donors (Lipinski definition) is 1. The van der Waals surface area contributed by atoms with Crippen LogP contribution in [0, 0.1) is 5.82 Å². The van der Waals surface area contributed by atoms with Gasteiger partial charge in [-0.1, -0.05) is 0 Å². The molecule has 1 aromatic heterocycles. The van der Waals surface area contributed by atoms with E-state index in [0.717, 1.165) is 17.0 Å². The zero-order valence-corrected chi connectivity index (χ0v) is 7.79. The summed E-state index contributed by atoms with van der Waals surface area (Å²) >= 11 is 0. The van der Waals surface area contributed by atoms with Gasteiger partial charge < -0.3 is 5.73 Å². The number of hydrogen-bond acceptors (Lipinski definition) is 3. The van der Waals surface area contributed by atoms with E-state index < -0.39 is 0 Å². The fourth-order valence-corrected chi connectivity index (χ4v) is 1.34. The lowest BCUT2D eigenvalue weighted by molar-refractivity contribution is 0.621. The van der Waals surface area contributed by atoms with Crippen LogP contribution in [0.5, 0.6) is 0 Å². The number of allylic oxidation sites excluding steroid dienone is 1. The Morgan fingerprint density at radius 3 is 2.71 bits per heavy atom. The molecule has 2 N–H and O–H groups in total. The van der Waals surface area contributed by atoms with E-state index in [1.54, 1.807) is 6.07 Å². The van der Waals surface area contributed by atoms with Crippen molar-refractivity contribution in [3.63, 3.8) is 0 Å². The summed E-state index contributed by atoms with van der Waals surface area (Å²) in [6.07, 6.45) is 1.18. The van der Waals surface area contributed by atoms with Crippen LogP contribution in [0.15, 0.2) is 34.6 Å². The summed E-state index contributed by atoms with van der Waals surface area (Å²) in [5, 5.41) is 0. The van der Waals surface area contributed by atoms with Gasteiger partial charge in [-0.2, -0.15) is 0 Å². The molecule has 1 aromatic rings. The molecule has 0 saturated heterocycles. The molecule has 72 valence electrons. The Morgan fingerprint density at radius 2 is 2.21 bits per heavy atom. The van der Waals surface area contributed by atoms with Crippen LogP contribution in [0.25, 0.3) is 0 Å². The zero-order chi connectivity index (χ0) is 10.1. The largest absolute Gasteiger partial charge is 0.400 e. The Morgan fingerprint density at radius 1 is 1.43 bits per heavy atom. The molecule has 2 heterocycles. The molecule has 2 rings (SSSR count). The van der Waals surface area contributed by atoms with Crippen LogP contribution in [-0.4, -0.2) is 17.2 Å². The van der Waals surface area contributed by atoms with E-state index in [-0.39, 0.29) is 5.82 Å². The van der Waals surface area contributed by atoms with Crippen molar-refractivity contribution in [1.29, 1.82) is 0 Å². The van der Waals surface area contributed by atoms with Gasteiger partial charge in [-0.05, 0) is 24.6 Å². The average Bonchev–Trinajstić information content (AvgIpc) is 2.50. The summed E-state index contributed by atoms with van der Waals surface area (Å²) in [7, 11) is 0. The molecule has 0 aromatic carbocycles. The van der Waals surface area contributed by atoms with Crippen LogP contribution in [0.4, 0.5) is 4.39 Å². The van der Waals surface area contributed by atoms with Crippen LogP contribution in [0.2, 0.25) is 0 Å². The average molecular weight is 191 g/mol. The van der Waals surface area contributed by atoms with Crippen LogP contribution < -0.4 is 5.73 Å². The van der Waals surface area contributed by atoms with E-state index in [9.17, 15) is 4.39 Å². The first-order valence-corrected chi connectivity index (χ1v) is 4.30. The molecule has 0 spiro atoms. The molecule has 0 atom stereocenters. The van der Waals surface area contributed by atoms with Gasteiger partial charge in [-0.15, -0.1) is 0 Å². The van der Waals surface area contributed by atoms with Crippen LogP contribution >= 0.6 is 0 Å². The summed E-state index contributed by atoms with van der Waals surface area (Å²) in [6.45, 7) is 2.41. The standard InChI is InChI=1S/C10H10FN3/c1-6-8(12)5-14-10(6)9-3-2-7(11)4-13-9/h2-4H,5,12H2,1H3. The topological polar surface area (TPSA) is 51.3 Å². The summed E-state index contributed by atoms with van der Waals surface area (Å²) < 4.78 is 12.6. The Kier molecular flexibility index (Phi) is 2.04. The van der Waals surface area contributed by atoms with E-state index >= 15 is 0 Å². The van der Waals surface area contributed by atoms with E-state index in [1.807, 2.05) is 6.92 Å². The highest BCUT2D eigenvalue weighted by Crippen LogP contribution is 2.15. The molecular weight excluding hydrogens is 181 g/mol. The van der Waals surface area contributed by atoms with Crippen molar-refractivity contribution in [2.24, 2.45) is 10.7 Å². The molecule has 0 amide bonds. The Labute approximate surface area is 81.2 Å². The van der Waals surface area contributed by atoms with E-state index in [4.69, 9.17) is 5.73 Å². The molecule has 0 fully saturated rings. The number of rotatable bonds is 1. The Hall–Kier alpha value is -1.71. The molecule has 4 heteroatoms. The lowest BCUT2D eigenvalue weighted by atomic mass is 10.1. The van der Waals surface area contributed by atoms with Gasteiger partial charge in [-0.25, -0.2) is 4.39 Å². The van der Waals surface area contributed by atoms with E-state index in [2.05, 4.69) is 9.98 Å². The monoisotopic (exact) mass is 191 g/mol. The number of halogens is 1. The maximum Gasteiger partial charge on any atom is 0.141 e. The highest BCUT2D eigenvalue weighted by molar-refractivity contribution is 6.12. The number of nitrogens with two attached hydrogens (primary N) is 1. The highest BCUT2D eigenvalue weighted by atomic mass is 19.1. The Balaban J connectivity index is 2.38. The second-order valence-corrected chi connectivity index (χ2v) is 3.18. The zero-order valence-electron chi connectivity index (χ0n) is 7.79. The third kappa shape index (κ3) is 1.39. The fourth-order valence-electron chi connectivity index (χ4n) is 1.34. The van der Waals surface area contributed by atoms with Crippen molar-refractivity contribution in [1.82, 2.24) is 4.98 Å². The minimum absolute atomic E-state index is 0.345. The van der Waals surface area contributed by atoms with Crippen LogP contribution in [-0.2, 0) is 0 Å². The van der Waals surface area contributed by atoms with E-state index in [0.29, 0.717) is 12.2 Å². The minimum Gasteiger partial charge on any atom is -0.400 e. The lowest BCUT2D eigenvalue weighted by Gasteiger charge is -2.01. The summed E-state index contributed by atoms with van der Waals surface area (Å²) in [6, 6.07) is 2.98. The lowest BCUT2D eigenvalue weighted by Crippen LogP contribution is -2.05. The SMILES string of the molecule is CC1=C(N)CN=C1c1ccc(F)cn1. The van der Waals surface area contributed by atoms with Gasteiger partial charge in [-0.3, -0.25) is 9.98 Å². The molecule has 1 aliphatic heterocycles. The molecular formula is C10H10FN3. The summed E-state index contributed by atoms with van der Waals surface area (Å²) in [5.41, 5.74) is 8.83. The number of aliphatic imine (C=N–C) groups is 1. The number of aromatic nitrogens is 1. The minimum atomic E-state index is -0.345. The third-order valence-electron chi connectivity index (χ3n) is 2.21.